The molecule has 0 radical (unpaired) electrons. The number of nitrogens with one attached hydrogen (secondary N) is 2. The molecule has 0 aliphatic heterocycles. The molecule has 1 aromatic carbocycles. The van der Waals surface area contributed by atoms with Crippen molar-refractivity contribution >= 4 is 21.5 Å². The Balaban J connectivity index is 2.39. The highest BCUT2D eigenvalue weighted by Gasteiger charge is 2.16. The van der Waals surface area contributed by atoms with E-state index in [4.69, 9.17) is 11.1 Å². The summed E-state index contributed by atoms with van der Waals surface area (Å²) < 4.78 is 26.6. The van der Waals surface area contributed by atoms with E-state index in [2.05, 4.69) is 9.71 Å². The van der Waals surface area contributed by atoms with Crippen molar-refractivity contribution in [1.82, 2.24) is 4.98 Å². The zero-order chi connectivity index (χ0) is 13.9. The summed E-state index contributed by atoms with van der Waals surface area (Å²) in [5.41, 5.74) is 6.00. The molecule has 4 N–H and O–H groups in total. The average molecular weight is 276 g/mol. The van der Waals surface area contributed by atoms with Crippen LogP contribution in [0.3, 0.4) is 0 Å². The summed E-state index contributed by atoms with van der Waals surface area (Å²) in [7, 11) is -3.73. The molecule has 0 saturated heterocycles. The maximum absolute atomic E-state index is 12.1. The van der Waals surface area contributed by atoms with Gasteiger partial charge >= 0.3 is 0 Å². The summed E-state index contributed by atoms with van der Waals surface area (Å²) in [4.78, 5) is 3.81. The van der Waals surface area contributed by atoms with Crippen molar-refractivity contribution in [3.05, 3.63) is 54.4 Å². The van der Waals surface area contributed by atoms with Crippen LogP contribution in [0.5, 0.6) is 0 Å². The molecule has 0 amide bonds. The van der Waals surface area contributed by atoms with Crippen LogP contribution in [0.4, 0.5) is 5.69 Å². The Morgan fingerprint density at radius 1 is 1.21 bits per heavy atom. The SMILES string of the molecule is N=C(N)c1ccccc1NS(=O)(=O)c1cccnc1. The molecule has 0 atom stereocenters. The molecule has 2 rings (SSSR count). The number of nitrogen functional groups attached to an aromatic ring is 1. The predicted octanol–water partition coefficient (Wildman–Crippen LogP) is 1.17. The average Bonchev–Trinajstić information content (AvgIpc) is 2.39. The van der Waals surface area contributed by atoms with Crippen molar-refractivity contribution < 1.29 is 8.42 Å². The number of anilines is 1. The Kier molecular flexibility index (Phi) is 3.48. The Hall–Kier alpha value is -2.41. The second-order valence-corrected chi connectivity index (χ2v) is 5.44. The Bertz CT molecular complexity index is 699. The van der Waals surface area contributed by atoms with E-state index in [0.29, 0.717) is 5.56 Å². The Labute approximate surface area is 110 Å². The van der Waals surface area contributed by atoms with Crippen LogP contribution >= 0.6 is 0 Å². The summed E-state index contributed by atoms with van der Waals surface area (Å²) >= 11 is 0. The highest BCUT2D eigenvalue weighted by atomic mass is 32.2. The van der Waals surface area contributed by atoms with Crippen LogP contribution < -0.4 is 10.5 Å². The van der Waals surface area contributed by atoms with Gasteiger partial charge in [-0.25, -0.2) is 8.42 Å². The second kappa shape index (κ2) is 5.07. The number of amidine groups is 1. The standard InChI is InChI=1S/C12H12N4O2S/c13-12(14)10-5-1-2-6-11(10)16-19(17,18)9-4-3-7-15-8-9/h1-8,16H,(H3,13,14). The first-order valence-electron chi connectivity index (χ1n) is 5.37. The lowest BCUT2D eigenvalue weighted by Gasteiger charge is -2.11. The lowest BCUT2D eigenvalue weighted by atomic mass is 10.2. The van der Waals surface area contributed by atoms with Gasteiger partial charge in [0.05, 0.1) is 5.69 Å². The van der Waals surface area contributed by atoms with Gasteiger partial charge in [0, 0.05) is 18.0 Å². The fraction of sp³-hybridized carbons (Fsp3) is 0. The third-order valence-corrected chi connectivity index (χ3v) is 3.76. The van der Waals surface area contributed by atoms with Crippen LogP contribution in [0.1, 0.15) is 5.56 Å². The fourth-order valence-electron chi connectivity index (χ4n) is 1.52. The first-order chi connectivity index (χ1) is 9.00. The molecule has 1 heterocycles. The minimum atomic E-state index is -3.73. The molecular weight excluding hydrogens is 264 g/mol. The summed E-state index contributed by atoms with van der Waals surface area (Å²) in [5, 5.41) is 7.42. The Morgan fingerprint density at radius 3 is 2.58 bits per heavy atom. The first-order valence-corrected chi connectivity index (χ1v) is 6.85. The molecule has 19 heavy (non-hydrogen) atoms. The largest absolute Gasteiger partial charge is 0.384 e. The molecule has 6 nitrogen and oxygen atoms in total. The molecular formula is C12H12N4O2S. The maximum Gasteiger partial charge on any atom is 0.263 e. The van der Waals surface area contributed by atoms with E-state index in [1.165, 1.54) is 24.5 Å². The molecule has 0 bridgehead atoms. The number of para-hydroxylation sites is 1. The molecule has 98 valence electrons. The lowest BCUT2D eigenvalue weighted by molar-refractivity contribution is 0.601. The van der Waals surface area contributed by atoms with Crippen molar-refractivity contribution in [2.24, 2.45) is 5.73 Å². The smallest absolute Gasteiger partial charge is 0.263 e. The fourth-order valence-corrected chi connectivity index (χ4v) is 2.56. The quantitative estimate of drug-likeness (QED) is 0.575. The van der Waals surface area contributed by atoms with Gasteiger partial charge in [0.1, 0.15) is 10.7 Å². The minimum absolute atomic E-state index is 0.0494. The third-order valence-electron chi connectivity index (χ3n) is 2.41. The van der Waals surface area contributed by atoms with Crippen molar-refractivity contribution in [3.63, 3.8) is 0 Å². The molecule has 2 aromatic rings. The number of nitrogens with zero attached hydrogens (tertiary/aromatic N) is 1. The van der Waals surface area contributed by atoms with E-state index >= 15 is 0 Å². The van der Waals surface area contributed by atoms with E-state index in [-0.39, 0.29) is 16.4 Å². The predicted molar refractivity (Wildman–Crippen MR) is 72.5 cm³/mol. The number of hydrogen-bond donors (Lipinski definition) is 3. The van der Waals surface area contributed by atoms with Gasteiger partial charge in [0.15, 0.2) is 0 Å². The molecule has 0 aliphatic rings. The van der Waals surface area contributed by atoms with Crippen LogP contribution in [0, 0.1) is 5.41 Å². The number of hydrogen-bond acceptors (Lipinski definition) is 4. The van der Waals surface area contributed by atoms with E-state index in [1.807, 2.05) is 0 Å². The van der Waals surface area contributed by atoms with Gasteiger partial charge in [0.2, 0.25) is 0 Å². The molecule has 0 fully saturated rings. The summed E-state index contributed by atoms with van der Waals surface area (Å²) in [5.74, 6) is -0.204. The van der Waals surface area contributed by atoms with Gasteiger partial charge < -0.3 is 5.73 Å². The highest BCUT2D eigenvalue weighted by molar-refractivity contribution is 7.92. The maximum atomic E-state index is 12.1. The van der Waals surface area contributed by atoms with Gasteiger partial charge in [0.25, 0.3) is 10.0 Å². The highest BCUT2D eigenvalue weighted by Crippen LogP contribution is 2.19. The zero-order valence-corrected chi connectivity index (χ0v) is 10.7. The third kappa shape index (κ3) is 2.89. The second-order valence-electron chi connectivity index (χ2n) is 3.75. The molecule has 0 aliphatic carbocycles. The molecule has 0 saturated carbocycles. The zero-order valence-electron chi connectivity index (χ0n) is 9.87. The topological polar surface area (TPSA) is 109 Å². The summed E-state index contributed by atoms with van der Waals surface area (Å²) in [6.07, 6.45) is 2.74. The van der Waals surface area contributed by atoms with Crippen molar-refractivity contribution in [3.8, 4) is 0 Å². The number of nitrogens with two attached hydrogens (primary N) is 1. The van der Waals surface area contributed by atoms with E-state index in [9.17, 15) is 8.42 Å². The number of pyridine rings is 1. The first kappa shape index (κ1) is 13.0. The van der Waals surface area contributed by atoms with Crippen LogP contribution in [-0.4, -0.2) is 19.2 Å². The van der Waals surface area contributed by atoms with Gasteiger partial charge in [-0.1, -0.05) is 12.1 Å². The van der Waals surface area contributed by atoms with Crippen molar-refractivity contribution in [1.29, 1.82) is 5.41 Å². The van der Waals surface area contributed by atoms with E-state index < -0.39 is 10.0 Å². The summed E-state index contributed by atoms with van der Waals surface area (Å²) in [6.45, 7) is 0. The van der Waals surface area contributed by atoms with Gasteiger partial charge in [-0.2, -0.15) is 0 Å². The molecule has 1 aromatic heterocycles. The van der Waals surface area contributed by atoms with Crippen LogP contribution in [-0.2, 0) is 10.0 Å². The van der Waals surface area contributed by atoms with Crippen LogP contribution in [0.2, 0.25) is 0 Å². The van der Waals surface area contributed by atoms with Gasteiger partial charge in [-0.15, -0.1) is 0 Å². The molecule has 0 spiro atoms. The van der Waals surface area contributed by atoms with E-state index in [1.54, 1.807) is 24.3 Å². The number of aromatic nitrogens is 1. The van der Waals surface area contributed by atoms with Crippen molar-refractivity contribution in [2.45, 2.75) is 4.90 Å². The van der Waals surface area contributed by atoms with Crippen LogP contribution in [0.15, 0.2) is 53.7 Å². The van der Waals surface area contributed by atoms with Crippen LogP contribution in [0.25, 0.3) is 0 Å². The summed E-state index contributed by atoms with van der Waals surface area (Å²) in [6, 6.07) is 9.43. The molecule has 0 unspecified atom stereocenters. The van der Waals surface area contributed by atoms with Gasteiger partial charge in [-0.3, -0.25) is 15.1 Å². The Morgan fingerprint density at radius 2 is 1.95 bits per heavy atom. The van der Waals surface area contributed by atoms with E-state index in [0.717, 1.165) is 0 Å². The van der Waals surface area contributed by atoms with Crippen molar-refractivity contribution in [2.75, 3.05) is 4.72 Å². The number of sulfonamides is 1. The molecule has 7 heteroatoms. The minimum Gasteiger partial charge on any atom is -0.384 e. The normalized spacial score (nSPS) is 10.9. The number of benzene rings is 1. The lowest BCUT2D eigenvalue weighted by Crippen LogP contribution is -2.18. The number of rotatable bonds is 4. The van der Waals surface area contributed by atoms with Gasteiger partial charge in [-0.05, 0) is 24.3 Å². The monoisotopic (exact) mass is 276 g/mol.